The van der Waals surface area contributed by atoms with Crippen LogP contribution in [0.2, 0.25) is 0 Å². The fourth-order valence-corrected chi connectivity index (χ4v) is 8.19. The highest BCUT2D eigenvalue weighted by Crippen LogP contribution is 2.42. The van der Waals surface area contributed by atoms with E-state index in [1.54, 1.807) is 0 Å². The van der Waals surface area contributed by atoms with Gasteiger partial charge in [0.05, 0.1) is 17.1 Å². The molecule has 0 atom stereocenters. The summed E-state index contributed by atoms with van der Waals surface area (Å²) in [5.74, 6) is 2.50. The van der Waals surface area contributed by atoms with Gasteiger partial charge in [-0.3, -0.25) is 4.98 Å². The first-order valence-corrected chi connectivity index (χ1v) is 21.5. The van der Waals surface area contributed by atoms with E-state index in [0.717, 1.165) is 89.5 Å². The second kappa shape index (κ2) is 17.3. The van der Waals surface area contributed by atoms with Crippen LogP contribution >= 0.6 is 0 Å². The molecule has 0 fully saturated rings. The lowest BCUT2D eigenvalue weighted by Gasteiger charge is -2.18. The van der Waals surface area contributed by atoms with Crippen molar-refractivity contribution in [3.63, 3.8) is 0 Å². The number of hydrogen-bond acceptors (Lipinski definition) is 6. The van der Waals surface area contributed by atoms with Crippen LogP contribution < -0.4 is 0 Å². The normalized spacial score (nSPS) is 11.1. The van der Waals surface area contributed by atoms with Gasteiger partial charge in [0.25, 0.3) is 0 Å². The van der Waals surface area contributed by atoms with Gasteiger partial charge in [-0.25, -0.2) is 24.9 Å². The molecule has 0 aliphatic carbocycles. The van der Waals surface area contributed by atoms with Crippen LogP contribution in [0.5, 0.6) is 0 Å². The van der Waals surface area contributed by atoms with Crippen molar-refractivity contribution in [3.8, 4) is 102 Å². The van der Waals surface area contributed by atoms with Crippen LogP contribution in [0.4, 0.5) is 0 Å². The minimum atomic E-state index is 0.600. The Morgan fingerprint density at radius 2 is 0.688 bits per heavy atom. The third-order valence-electron chi connectivity index (χ3n) is 11.4. The lowest BCUT2D eigenvalue weighted by molar-refractivity contribution is 1.07. The Balaban J connectivity index is 1.15. The van der Waals surface area contributed by atoms with Gasteiger partial charge in [-0.1, -0.05) is 175 Å². The number of aromatic nitrogens is 6. The maximum Gasteiger partial charge on any atom is 0.164 e. The first-order valence-electron chi connectivity index (χ1n) is 21.5. The second-order valence-electron chi connectivity index (χ2n) is 16.3. The van der Waals surface area contributed by atoms with Crippen LogP contribution in [-0.4, -0.2) is 29.9 Å². The molecule has 0 saturated heterocycles. The monoisotopic (exact) mass is 824 g/mol. The summed E-state index contributed by atoms with van der Waals surface area (Å²) < 4.78 is 0. The fourth-order valence-electron chi connectivity index (χ4n) is 8.19. The molecule has 0 unspecified atom stereocenters. The predicted molar refractivity (Wildman–Crippen MR) is 261 cm³/mol. The Bertz CT molecular complexity index is 3150. The molecule has 0 spiro atoms. The molecule has 7 aromatic carbocycles. The Labute approximate surface area is 374 Å². The summed E-state index contributed by atoms with van der Waals surface area (Å²) in [5, 5.41) is 0. The SMILES string of the molecule is Cc1ccc(-c2nc(-c3ccc(C)cc3)nc(-c3cccc(-c4cccc(-c5cc(C)cc(C)n5)c4-c4cccc(-c5nc(-c6ccccc6)cc(-c6ccccc6)n5)c4)c3)n2)cc1. The van der Waals surface area contributed by atoms with Crippen molar-refractivity contribution in [1.82, 2.24) is 29.9 Å². The van der Waals surface area contributed by atoms with Gasteiger partial charge >= 0.3 is 0 Å². The van der Waals surface area contributed by atoms with Gasteiger partial charge < -0.3 is 0 Å². The van der Waals surface area contributed by atoms with Crippen LogP contribution in [0, 0.1) is 27.7 Å². The summed E-state index contributed by atoms with van der Waals surface area (Å²) in [5.41, 5.74) is 18.0. The number of rotatable bonds is 9. The highest BCUT2D eigenvalue weighted by Gasteiger charge is 2.19. The number of pyridine rings is 1. The smallest absolute Gasteiger partial charge is 0.164 e. The minimum absolute atomic E-state index is 0.600. The van der Waals surface area contributed by atoms with E-state index in [0.29, 0.717) is 23.3 Å². The quantitative estimate of drug-likeness (QED) is 0.144. The molecular weight excluding hydrogens is 781 g/mol. The van der Waals surface area contributed by atoms with Crippen molar-refractivity contribution < 1.29 is 0 Å². The van der Waals surface area contributed by atoms with Crippen LogP contribution in [0.15, 0.2) is 194 Å². The average Bonchev–Trinajstić information content (AvgIpc) is 3.34. The van der Waals surface area contributed by atoms with E-state index in [1.807, 2.05) is 36.4 Å². The first kappa shape index (κ1) is 39.9. The molecule has 10 aromatic rings. The standard InChI is InChI=1S/C58H44N6/c1-37-24-28-43(29-25-37)55-62-56(44-30-26-38(2)27-31-44)64-58(63-55)47-20-11-18-45(34-47)49-22-13-23-50(53-33-39(3)32-40(4)59-53)54(49)46-19-12-21-48(35-46)57-60-51(41-14-7-5-8-15-41)36-52(61-57)42-16-9-6-10-17-42/h5-36H,1-4H3. The fraction of sp³-hybridized carbons (Fsp3) is 0.0690. The van der Waals surface area contributed by atoms with Gasteiger partial charge in [0, 0.05) is 44.6 Å². The summed E-state index contributed by atoms with van der Waals surface area (Å²) in [4.78, 5) is 30.7. The van der Waals surface area contributed by atoms with Gasteiger partial charge in [-0.2, -0.15) is 0 Å². The summed E-state index contributed by atoms with van der Waals surface area (Å²) in [6.07, 6.45) is 0. The molecule has 0 saturated carbocycles. The van der Waals surface area contributed by atoms with Crippen LogP contribution in [-0.2, 0) is 0 Å². The summed E-state index contributed by atoms with van der Waals surface area (Å²) in [7, 11) is 0. The average molecular weight is 825 g/mol. The summed E-state index contributed by atoms with van der Waals surface area (Å²) in [6.45, 7) is 8.34. The molecule has 0 aliphatic heterocycles. The topological polar surface area (TPSA) is 77.3 Å². The molecule has 0 bridgehead atoms. The Morgan fingerprint density at radius 1 is 0.250 bits per heavy atom. The predicted octanol–water partition coefficient (Wildman–Crippen LogP) is 14.3. The molecule has 0 amide bonds. The van der Waals surface area contributed by atoms with Crippen molar-refractivity contribution >= 4 is 0 Å². The first-order chi connectivity index (χ1) is 31.3. The maximum atomic E-state index is 5.19. The van der Waals surface area contributed by atoms with Crippen LogP contribution in [0.3, 0.4) is 0 Å². The van der Waals surface area contributed by atoms with Crippen molar-refractivity contribution in [2.45, 2.75) is 27.7 Å². The van der Waals surface area contributed by atoms with Crippen molar-refractivity contribution in [3.05, 3.63) is 217 Å². The number of benzene rings is 7. The van der Waals surface area contributed by atoms with Crippen molar-refractivity contribution in [1.29, 1.82) is 0 Å². The van der Waals surface area contributed by atoms with Crippen LogP contribution in [0.1, 0.15) is 22.4 Å². The van der Waals surface area contributed by atoms with Gasteiger partial charge in [-0.05, 0) is 85.8 Å². The molecule has 6 nitrogen and oxygen atoms in total. The van der Waals surface area contributed by atoms with Gasteiger partial charge in [0.2, 0.25) is 0 Å². The van der Waals surface area contributed by atoms with Crippen molar-refractivity contribution in [2.24, 2.45) is 0 Å². The maximum absolute atomic E-state index is 5.19. The molecule has 306 valence electrons. The van der Waals surface area contributed by atoms with E-state index in [1.165, 1.54) is 11.1 Å². The van der Waals surface area contributed by atoms with E-state index in [-0.39, 0.29) is 0 Å². The number of nitrogens with zero attached hydrogens (tertiary/aromatic N) is 6. The Hall–Kier alpha value is -8.22. The third-order valence-corrected chi connectivity index (χ3v) is 11.4. The highest BCUT2D eigenvalue weighted by atomic mass is 15.0. The third kappa shape index (κ3) is 8.37. The largest absolute Gasteiger partial charge is 0.253 e. The zero-order chi connectivity index (χ0) is 43.6. The molecule has 0 aliphatic rings. The van der Waals surface area contributed by atoms with Gasteiger partial charge in [0.1, 0.15) is 0 Å². The molecule has 3 heterocycles. The lowest BCUT2D eigenvalue weighted by Crippen LogP contribution is -2.00. The second-order valence-corrected chi connectivity index (χ2v) is 16.3. The number of hydrogen-bond donors (Lipinski definition) is 0. The molecule has 10 rings (SSSR count). The van der Waals surface area contributed by atoms with Gasteiger partial charge in [0.15, 0.2) is 23.3 Å². The lowest BCUT2D eigenvalue weighted by atomic mass is 9.87. The zero-order valence-corrected chi connectivity index (χ0v) is 36.2. The summed E-state index contributed by atoms with van der Waals surface area (Å²) >= 11 is 0. The van der Waals surface area contributed by atoms with E-state index in [2.05, 4.69) is 185 Å². The van der Waals surface area contributed by atoms with Crippen LogP contribution in [0.25, 0.3) is 102 Å². The van der Waals surface area contributed by atoms with Gasteiger partial charge in [-0.15, -0.1) is 0 Å². The molecular formula is C58H44N6. The van der Waals surface area contributed by atoms with Crippen molar-refractivity contribution in [2.75, 3.05) is 0 Å². The molecule has 3 aromatic heterocycles. The summed E-state index contributed by atoms with van der Waals surface area (Å²) in [6, 6.07) is 67.2. The molecule has 0 radical (unpaired) electrons. The Morgan fingerprint density at radius 3 is 1.23 bits per heavy atom. The van der Waals surface area contributed by atoms with E-state index in [4.69, 9.17) is 29.9 Å². The Kier molecular flexibility index (Phi) is 10.8. The van der Waals surface area contributed by atoms with E-state index >= 15 is 0 Å². The minimum Gasteiger partial charge on any atom is -0.253 e. The molecule has 64 heavy (non-hydrogen) atoms. The van der Waals surface area contributed by atoms with E-state index < -0.39 is 0 Å². The molecule has 0 N–H and O–H groups in total. The van der Waals surface area contributed by atoms with E-state index in [9.17, 15) is 0 Å². The molecule has 6 heteroatoms. The number of aryl methyl sites for hydroxylation is 4. The zero-order valence-electron chi connectivity index (χ0n) is 36.2. The highest BCUT2D eigenvalue weighted by molar-refractivity contribution is 5.95.